The Morgan fingerprint density at radius 1 is 0.947 bits per heavy atom. The highest BCUT2D eigenvalue weighted by atomic mass is 32.1. The fourth-order valence-corrected chi connectivity index (χ4v) is 7.83. The standard InChI is InChI=1S/C29H34N6OS2/c1-28(36)18-29(31,19-28)22-9-7-20(8-10-22)24-25(21-5-3-2-4-6-21)38-26(33-24)23-17-32-27(37-23)35-15-13-34(12-11-30)14-16-35/h2-10,17,36H,11-16,18-19,30-31H2,1H3. The van der Waals surface area contributed by atoms with Gasteiger partial charge in [-0.15, -0.1) is 11.3 Å². The Balaban J connectivity index is 1.29. The van der Waals surface area contributed by atoms with Crippen LogP contribution in [0.3, 0.4) is 0 Å². The van der Waals surface area contributed by atoms with E-state index in [2.05, 4.69) is 58.3 Å². The Bertz CT molecular complexity index is 1380. The van der Waals surface area contributed by atoms with Crippen molar-refractivity contribution in [3.05, 3.63) is 66.4 Å². The summed E-state index contributed by atoms with van der Waals surface area (Å²) in [5.74, 6) is 0. The maximum absolute atomic E-state index is 10.2. The van der Waals surface area contributed by atoms with Gasteiger partial charge < -0.3 is 21.5 Å². The van der Waals surface area contributed by atoms with Crippen LogP contribution in [-0.4, -0.2) is 64.8 Å². The first-order chi connectivity index (χ1) is 18.3. The number of anilines is 1. The number of hydrogen-bond acceptors (Lipinski definition) is 9. The lowest BCUT2D eigenvalue weighted by Gasteiger charge is -2.49. The molecule has 1 saturated carbocycles. The van der Waals surface area contributed by atoms with Crippen molar-refractivity contribution in [2.24, 2.45) is 11.5 Å². The maximum atomic E-state index is 10.2. The van der Waals surface area contributed by atoms with E-state index in [1.807, 2.05) is 19.2 Å². The minimum absolute atomic E-state index is 0.466. The summed E-state index contributed by atoms with van der Waals surface area (Å²) in [6.45, 7) is 7.48. The highest BCUT2D eigenvalue weighted by Gasteiger charge is 2.49. The molecule has 0 bridgehead atoms. The number of piperazine rings is 1. The molecular formula is C29H34N6OS2. The maximum Gasteiger partial charge on any atom is 0.186 e. The Hall–Kier alpha value is -2.66. The monoisotopic (exact) mass is 546 g/mol. The number of nitrogens with two attached hydrogens (primary N) is 2. The van der Waals surface area contributed by atoms with Crippen LogP contribution in [0.2, 0.25) is 0 Å². The van der Waals surface area contributed by atoms with Gasteiger partial charge in [0.05, 0.1) is 27.2 Å². The van der Waals surface area contributed by atoms with Crippen LogP contribution < -0.4 is 16.4 Å². The number of thiazole rings is 2. The molecule has 3 heterocycles. The predicted molar refractivity (Wildman–Crippen MR) is 158 cm³/mol. The smallest absolute Gasteiger partial charge is 0.186 e. The second kappa shape index (κ2) is 10.1. The number of aliphatic hydroxyl groups is 1. The van der Waals surface area contributed by atoms with Gasteiger partial charge in [0.25, 0.3) is 0 Å². The van der Waals surface area contributed by atoms with Crippen molar-refractivity contribution in [1.29, 1.82) is 0 Å². The van der Waals surface area contributed by atoms with Gasteiger partial charge in [0.2, 0.25) is 0 Å². The highest BCUT2D eigenvalue weighted by Crippen LogP contribution is 2.47. The molecule has 2 aromatic heterocycles. The minimum Gasteiger partial charge on any atom is -0.390 e. The molecular weight excluding hydrogens is 512 g/mol. The van der Waals surface area contributed by atoms with Crippen LogP contribution in [0.4, 0.5) is 5.13 Å². The SMILES string of the molecule is CC1(O)CC(N)(c2ccc(-c3nc(-c4cnc(N5CCN(CCN)CC5)s4)sc3-c3ccccc3)cc2)C1. The molecule has 5 N–H and O–H groups in total. The Morgan fingerprint density at radius 3 is 2.32 bits per heavy atom. The molecule has 1 saturated heterocycles. The highest BCUT2D eigenvalue weighted by molar-refractivity contribution is 7.25. The van der Waals surface area contributed by atoms with Crippen LogP contribution in [-0.2, 0) is 5.54 Å². The van der Waals surface area contributed by atoms with E-state index in [0.29, 0.717) is 19.4 Å². The zero-order chi connectivity index (χ0) is 26.3. The second-order valence-corrected chi connectivity index (χ2v) is 12.8. The van der Waals surface area contributed by atoms with Crippen molar-refractivity contribution in [3.8, 4) is 31.6 Å². The van der Waals surface area contributed by atoms with Crippen LogP contribution in [0.1, 0.15) is 25.3 Å². The molecule has 0 unspecified atom stereocenters. The number of benzene rings is 2. The van der Waals surface area contributed by atoms with E-state index in [1.54, 1.807) is 22.7 Å². The summed E-state index contributed by atoms with van der Waals surface area (Å²) in [5, 5.41) is 12.3. The first-order valence-electron chi connectivity index (χ1n) is 13.2. The molecule has 0 radical (unpaired) electrons. The first-order valence-corrected chi connectivity index (χ1v) is 14.8. The minimum atomic E-state index is -0.677. The molecule has 7 nitrogen and oxygen atoms in total. The molecule has 9 heteroatoms. The van der Waals surface area contributed by atoms with Gasteiger partial charge in [-0.25, -0.2) is 9.97 Å². The number of nitrogens with zero attached hydrogens (tertiary/aromatic N) is 4. The van der Waals surface area contributed by atoms with Crippen LogP contribution in [0.25, 0.3) is 31.6 Å². The fourth-order valence-electron chi connectivity index (χ4n) is 5.73. The van der Waals surface area contributed by atoms with Gasteiger partial charge in [-0.1, -0.05) is 65.9 Å². The fraction of sp³-hybridized carbons (Fsp3) is 0.379. The Kier molecular flexibility index (Phi) is 6.84. The average molecular weight is 547 g/mol. The predicted octanol–water partition coefficient (Wildman–Crippen LogP) is 4.38. The third kappa shape index (κ3) is 5.02. The van der Waals surface area contributed by atoms with E-state index in [4.69, 9.17) is 21.4 Å². The van der Waals surface area contributed by atoms with Gasteiger partial charge in [0.1, 0.15) is 5.01 Å². The van der Waals surface area contributed by atoms with E-state index < -0.39 is 11.1 Å². The van der Waals surface area contributed by atoms with Crippen molar-refractivity contribution < 1.29 is 5.11 Å². The molecule has 4 aromatic rings. The number of rotatable bonds is 7. The third-order valence-corrected chi connectivity index (χ3v) is 9.91. The van der Waals surface area contributed by atoms with Crippen molar-refractivity contribution in [1.82, 2.24) is 14.9 Å². The topological polar surface area (TPSA) is 105 Å². The van der Waals surface area contributed by atoms with Gasteiger partial charge in [0, 0.05) is 50.4 Å². The summed E-state index contributed by atoms with van der Waals surface area (Å²) in [5.41, 5.74) is 15.4. The van der Waals surface area contributed by atoms with Crippen LogP contribution >= 0.6 is 22.7 Å². The normalized spacial score (nSPS) is 23.9. The van der Waals surface area contributed by atoms with E-state index >= 15 is 0 Å². The largest absolute Gasteiger partial charge is 0.390 e. The molecule has 2 aromatic carbocycles. The molecule has 0 atom stereocenters. The summed E-state index contributed by atoms with van der Waals surface area (Å²) in [7, 11) is 0. The van der Waals surface area contributed by atoms with E-state index in [9.17, 15) is 5.11 Å². The van der Waals surface area contributed by atoms with Crippen molar-refractivity contribution in [3.63, 3.8) is 0 Å². The van der Waals surface area contributed by atoms with E-state index in [1.165, 1.54) is 0 Å². The van der Waals surface area contributed by atoms with Gasteiger partial charge in [-0.2, -0.15) is 0 Å². The van der Waals surface area contributed by atoms with Crippen LogP contribution in [0.5, 0.6) is 0 Å². The zero-order valence-electron chi connectivity index (χ0n) is 21.6. The Morgan fingerprint density at radius 2 is 1.66 bits per heavy atom. The van der Waals surface area contributed by atoms with Gasteiger partial charge in [-0.05, 0) is 30.9 Å². The van der Waals surface area contributed by atoms with Gasteiger partial charge >= 0.3 is 0 Å². The molecule has 38 heavy (non-hydrogen) atoms. The molecule has 6 rings (SSSR count). The lowest BCUT2D eigenvalue weighted by Crippen LogP contribution is -2.58. The van der Waals surface area contributed by atoms with E-state index in [-0.39, 0.29) is 0 Å². The number of aromatic nitrogens is 2. The molecule has 0 amide bonds. The molecule has 0 spiro atoms. The Labute approximate surface area is 231 Å². The first kappa shape index (κ1) is 25.6. The lowest BCUT2D eigenvalue weighted by molar-refractivity contribution is -0.0738. The van der Waals surface area contributed by atoms with Crippen molar-refractivity contribution >= 4 is 27.8 Å². The zero-order valence-corrected chi connectivity index (χ0v) is 23.3. The summed E-state index contributed by atoms with van der Waals surface area (Å²) in [6.07, 6.45) is 3.11. The van der Waals surface area contributed by atoms with Gasteiger partial charge in [-0.3, -0.25) is 4.90 Å². The lowest BCUT2D eigenvalue weighted by atomic mass is 9.63. The van der Waals surface area contributed by atoms with Crippen LogP contribution in [0.15, 0.2) is 60.8 Å². The molecule has 2 fully saturated rings. The molecule has 1 aliphatic heterocycles. The van der Waals surface area contributed by atoms with Crippen molar-refractivity contribution in [2.75, 3.05) is 44.2 Å². The van der Waals surface area contributed by atoms with Crippen LogP contribution in [0, 0.1) is 0 Å². The summed E-state index contributed by atoms with van der Waals surface area (Å²) in [4.78, 5) is 16.9. The van der Waals surface area contributed by atoms with Crippen molar-refractivity contribution in [2.45, 2.75) is 30.9 Å². The summed E-state index contributed by atoms with van der Waals surface area (Å²) >= 11 is 3.43. The van der Waals surface area contributed by atoms with Gasteiger partial charge in [0.15, 0.2) is 5.13 Å². The summed E-state index contributed by atoms with van der Waals surface area (Å²) in [6, 6.07) is 18.9. The quantitative estimate of drug-likeness (QED) is 0.316. The third-order valence-electron chi connectivity index (χ3n) is 7.58. The second-order valence-electron chi connectivity index (χ2n) is 10.8. The average Bonchev–Trinajstić information content (AvgIpc) is 3.57. The molecule has 1 aliphatic carbocycles. The van der Waals surface area contributed by atoms with E-state index in [0.717, 1.165) is 75.0 Å². The molecule has 2 aliphatic rings. The molecule has 198 valence electrons. The summed E-state index contributed by atoms with van der Waals surface area (Å²) < 4.78 is 0. The number of hydrogen-bond donors (Lipinski definition) is 3.